The molecule has 0 unspecified atom stereocenters. The Morgan fingerprint density at radius 2 is 1.71 bits per heavy atom. The molecule has 0 saturated heterocycles. The van der Waals surface area contributed by atoms with Crippen LogP contribution < -0.4 is 0 Å². The van der Waals surface area contributed by atoms with Crippen molar-refractivity contribution in [2.75, 3.05) is 0 Å². The average Bonchev–Trinajstić information content (AvgIpc) is 2.74. The maximum atomic E-state index is 14.6. The lowest BCUT2D eigenvalue weighted by Crippen LogP contribution is -1.94. The highest BCUT2D eigenvalue weighted by Crippen LogP contribution is 2.35. The molecular weight excluding hydrogens is 349 g/mol. The zero-order valence-electron chi connectivity index (χ0n) is 15.2. The van der Waals surface area contributed by atoms with Crippen LogP contribution in [0.4, 0.5) is 4.39 Å². The standard InChI is InChI=1S/C24H16FN3/c1-15-7-8-22(25)21(12-15)23-13-20(19-6-3-10-27-24(19)28-23)18-5-2-4-16-14-26-11-9-17(16)18/h2-14H,1H3. The van der Waals surface area contributed by atoms with E-state index in [1.54, 1.807) is 18.5 Å². The monoisotopic (exact) mass is 365 g/mol. The predicted molar refractivity (Wildman–Crippen MR) is 110 cm³/mol. The van der Waals surface area contributed by atoms with Crippen LogP contribution >= 0.6 is 0 Å². The van der Waals surface area contributed by atoms with Crippen LogP contribution in [0.25, 0.3) is 44.2 Å². The van der Waals surface area contributed by atoms with Crippen LogP contribution in [0.1, 0.15) is 5.56 Å². The molecule has 0 atom stereocenters. The molecule has 4 heteroatoms. The van der Waals surface area contributed by atoms with Gasteiger partial charge in [-0.3, -0.25) is 4.98 Å². The number of benzene rings is 2. The SMILES string of the molecule is Cc1ccc(F)c(-c2cc(-c3cccc4cnccc34)c3cccnc3n2)c1. The van der Waals surface area contributed by atoms with E-state index in [0.717, 1.165) is 32.8 Å². The Balaban J connectivity index is 1.87. The second-order valence-electron chi connectivity index (χ2n) is 6.82. The Kier molecular flexibility index (Phi) is 3.83. The topological polar surface area (TPSA) is 38.7 Å². The summed E-state index contributed by atoms with van der Waals surface area (Å²) in [5, 5.41) is 3.07. The molecule has 0 aliphatic heterocycles. The second kappa shape index (κ2) is 6.50. The molecular formula is C24H16FN3. The molecule has 3 aromatic heterocycles. The number of hydrogen-bond donors (Lipinski definition) is 0. The first-order chi connectivity index (χ1) is 13.7. The minimum atomic E-state index is -0.290. The van der Waals surface area contributed by atoms with E-state index in [4.69, 9.17) is 0 Å². The molecule has 0 aliphatic rings. The van der Waals surface area contributed by atoms with Crippen molar-refractivity contribution in [2.24, 2.45) is 0 Å². The van der Waals surface area contributed by atoms with Crippen molar-refractivity contribution in [3.05, 3.63) is 90.6 Å². The van der Waals surface area contributed by atoms with E-state index in [1.165, 1.54) is 6.07 Å². The van der Waals surface area contributed by atoms with Crippen molar-refractivity contribution in [2.45, 2.75) is 6.92 Å². The first kappa shape index (κ1) is 16.5. The fourth-order valence-corrected chi connectivity index (χ4v) is 3.61. The van der Waals surface area contributed by atoms with Gasteiger partial charge < -0.3 is 0 Å². The third-order valence-corrected chi connectivity index (χ3v) is 4.95. The molecule has 2 aromatic carbocycles. The van der Waals surface area contributed by atoms with Crippen molar-refractivity contribution >= 4 is 21.8 Å². The van der Waals surface area contributed by atoms with E-state index in [0.29, 0.717) is 16.9 Å². The van der Waals surface area contributed by atoms with Crippen molar-refractivity contribution < 1.29 is 4.39 Å². The number of pyridine rings is 3. The predicted octanol–water partition coefficient (Wildman–Crippen LogP) is 5.96. The highest BCUT2D eigenvalue weighted by atomic mass is 19.1. The summed E-state index contributed by atoms with van der Waals surface area (Å²) in [6.45, 7) is 1.95. The van der Waals surface area contributed by atoms with Crippen LogP contribution in [-0.4, -0.2) is 15.0 Å². The van der Waals surface area contributed by atoms with E-state index in [1.807, 2.05) is 55.6 Å². The number of aromatic nitrogens is 3. The normalized spacial score (nSPS) is 11.2. The van der Waals surface area contributed by atoms with Crippen molar-refractivity contribution in [1.82, 2.24) is 15.0 Å². The zero-order valence-corrected chi connectivity index (χ0v) is 15.2. The summed E-state index contributed by atoms with van der Waals surface area (Å²) >= 11 is 0. The first-order valence-corrected chi connectivity index (χ1v) is 9.06. The summed E-state index contributed by atoms with van der Waals surface area (Å²) in [5.74, 6) is -0.290. The van der Waals surface area contributed by atoms with Gasteiger partial charge in [-0.25, -0.2) is 14.4 Å². The summed E-state index contributed by atoms with van der Waals surface area (Å²) in [7, 11) is 0. The Hall–Kier alpha value is -3.66. The minimum absolute atomic E-state index is 0.290. The molecule has 5 rings (SSSR count). The van der Waals surface area contributed by atoms with Crippen LogP contribution in [-0.2, 0) is 0 Å². The van der Waals surface area contributed by atoms with Gasteiger partial charge in [0.05, 0.1) is 5.69 Å². The molecule has 0 aliphatic carbocycles. The largest absolute Gasteiger partial charge is 0.264 e. The van der Waals surface area contributed by atoms with Gasteiger partial charge in [0.15, 0.2) is 5.65 Å². The molecule has 0 amide bonds. The Bertz CT molecular complexity index is 1340. The number of rotatable bonds is 2. The highest BCUT2D eigenvalue weighted by molar-refractivity contribution is 6.04. The molecule has 3 nitrogen and oxygen atoms in total. The summed E-state index contributed by atoms with van der Waals surface area (Å²) in [5.41, 5.74) is 4.67. The summed E-state index contributed by atoms with van der Waals surface area (Å²) < 4.78 is 14.6. The van der Waals surface area contributed by atoms with Gasteiger partial charge in [-0.05, 0) is 59.8 Å². The van der Waals surface area contributed by atoms with E-state index in [-0.39, 0.29) is 5.82 Å². The van der Waals surface area contributed by atoms with Gasteiger partial charge in [0.1, 0.15) is 5.82 Å². The van der Waals surface area contributed by atoms with Crippen molar-refractivity contribution in [3.63, 3.8) is 0 Å². The maximum Gasteiger partial charge on any atom is 0.160 e. The molecule has 28 heavy (non-hydrogen) atoms. The molecule has 5 aromatic rings. The average molecular weight is 365 g/mol. The molecule has 0 bridgehead atoms. The van der Waals surface area contributed by atoms with Crippen LogP contribution in [0.5, 0.6) is 0 Å². The molecule has 134 valence electrons. The highest BCUT2D eigenvalue weighted by Gasteiger charge is 2.14. The number of aryl methyl sites for hydroxylation is 1. The van der Waals surface area contributed by atoms with Gasteiger partial charge in [0.2, 0.25) is 0 Å². The maximum absolute atomic E-state index is 14.6. The fourth-order valence-electron chi connectivity index (χ4n) is 3.61. The molecule has 0 spiro atoms. The lowest BCUT2D eigenvalue weighted by Gasteiger charge is -2.12. The van der Waals surface area contributed by atoms with Crippen molar-refractivity contribution in [1.29, 1.82) is 0 Å². The number of fused-ring (bicyclic) bond motifs is 2. The molecule has 0 saturated carbocycles. The quantitative estimate of drug-likeness (QED) is 0.387. The third-order valence-electron chi connectivity index (χ3n) is 4.95. The van der Waals surface area contributed by atoms with Gasteiger partial charge in [0.25, 0.3) is 0 Å². The summed E-state index contributed by atoms with van der Waals surface area (Å²) in [6, 6.07) is 19.0. The molecule has 0 radical (unpaired) electrons. The van der Waals surface area contributed by atoms with Gasteiger partial charge >= 0.3 is 0 Å². The number of nitrogens with zero attached hydrogens (tertiary/aromatic N) is 3. The van der Waals surface area contributed by atoms with Crippen LogP contribution in [0.2, 0.25) is 0 Å². The zero-order chi connectivity index (χ0) is 19.1. The fraction of sp³-hybridized carbons (Fsp3) is 0.0417. The number of halogens is 1. The Morgan fingerprint density at radius 3 is 2.64 bits per heavy atom. The lowest BCUT2D eigenvalue weighted by atomic mass is 9.95. The second-order valence-corrected chi connectivity index (χ2v) is 6.82. The van der Waals surface area contributed by atoms with E-state index in [2.05, 4.69) is 21.0 Å². The van der Waals surface area contributed by atoms with E-state index >= 15 is 0 Å². The van der Waals surface area contributed by atoms with Crippen LogP contribution in [0.15, 0.2) is 79.3 Å². The van der Waals surface area contributed by atoms with Gasteiger partial charge in [-0.1, -0.05) is 29.8 Å². The summed E-state index contributed by atoms with van der Waals surface area (Å²) in [4.78, 5) is 13.3. The van der Waals surface area contributed by atoms with Crippen LogP contribution in [0.3, 0.4) is 0 Å². The lowest BCUT2D eigenvalue weighted by molar-refractivity contribution is 0.630. The molecule has 3 heterocycles. The van der Waals surface area contributed by atoms with E-state index in [9.17, 15) is 4.39 Å². The Morgan fingerprint density at radius 1 is 0.786 bits per heavy atom. The van der Waals surface area contributed by atoms with Gasteiger partial charge in [0, 0.05) is 34.9 Å². The number of hydrogen-bond acceptors (Lipinski definition) is 3. The van der Waals surface area contributed by atoms with Crippen LogP contribution in [0, 0.1) is 12.7 Å². The smallest absolute Gasteiger partial charge is 0.160 e. The minimum Gasteiger partial charge on any atom is -0.264 e. The van der Waals surface area contributed by atoms with Crippen molar-refractivity contribution in [3.8, 4) is 22.4 Å². The van der Waals surface area contributed by atoms with Gasteiger partial charge in [-0.2, -0.15) is 0 Å². The Labute approximate surface area is 161 Å². The molecule has 0 N–H and O–H groups in total. The van der Waals surface area contributed by atoms with E-state index < -0.39 is 0 Å². The first-order valence-electron chi connectivity index (χ1n) is 9.06. The summed E-state index contributed by atoms with van der Waals surface area (Å²) in [6.07, 6.45) is 5.35. The third kappa shape index (κ3) is 2.70. The molecule has 0 fully saturated rings. The van der Waals surface area contributed by atoms with Gasteiger partial charge in [-0.15, -0.1) is 0 Å².